The minimum atomic E-state index is -0.266. The van der Waals surface area contributed by atoms with Crippen molar-refractivity contribution in [2.45, 2.75) is 13.8 Å². The van der Waals surface area contributed by atoms with Gasteiger partial charge in [0.25, 0.3) is 5.91 Å². The van der Waals surface area contributed by atoms with Gasteiger partial charge in [-0.1, -0.05) is 17.7 Å². The molecule has 3 aromatic heterocycles. The molecule has 1 aliphatic heterocycles. The molecule has 4 heterocycles. The van der Waals surface area contributed by atoms with Gasteiger partial charge >= 0.3 is 0 Å². The van der Waals surface area contributed by atoms with Crippen LogP contribution in [0.1, 0.15) is 23.0 Å². The van der Waals surface area contributed by atoms with E-state index in [1.165, 1.54) is 6.92 Å². The van der Waals surface area contributed by atoms with Crippen molar-refractivity contribution in [2.75, 3.05) is 41.7 Å². The van der Waals surface area contributed by atoms with E-state index in [-0.39, 0.29) is 11.8 Å². The van der Waals surface area contributed by atoms with E-state index in [0.29, 0.717) is 60.0 Å². The molecule has 2 amide bonds. The number of piperazine rings is 1. The number of halogens is 1. The Bertz CT molecular complexity index is 1410. The highest BCUT2D eigenvalue weighted by Crippen LogP contribution is 2.27. The molecular weight excluding hydrogens is 470 g/mol. The van der Waals surface area contributed by atoms with Crippen LogP contribution in [0.4, 0.5) is 23.3 Å². The van der Waals surface area contributed by atoms with Crippen molar-refractivity contribution < 1.29 is 9.59 Å². The van der Waals surface area contributed by atoms with Crippen molar-refractivity contribution in [1.29, 1.82) is 0 Å². The van der Waals surface area contributed by atoms with Crippen molar-refractivity contribution in [3.05, 3.63) is 58.9 Å². The highest BCUT2D eigenvalue weighted by molar-refractivity contribution is 6.34. The molecule has 0 radical (unpaired) electrons. The lowest BCUT2D eigenvalue weighted by Crippen LogP contribution is -2.49. The number of benzene rings is 1. The average molecular weight is 494 g/mol. The number of hydrogen-bond donors (Lipinski definition) is 3. The largest absolute Gasteiger partial charge is 0.336 e. The molecule has 180 valence electrons. The van der Waals surface area contributed by atoms with Gasteiger partial charge < -0.3 is 20.4 Å². The quantitative estimate of drug-likeness (QED) is 0.390. The first-order chi connectivity index (χ1) is 16.9. The van der Waals surface area contributed by atoms with E-state index >= 15 is 0 Å². The Morgan fingerprint density at radius 1 is 1.11 bits per heavy atom. The lowest BCUT2D eigenvalue weighted by molar-refractivity contribution is -0.114. The Kier molecular flexibility index (Phi) is 6.00. The standard InChI is InChI=1S/C23H24ClN9O2/c1-14-13-19(29-28-14)26-21-18-7-4-8-33(18)30-23(27-21)32-11-9-31(10-12-32)22(35)20-16(24)5-3-6-17(20)25-15(2)34/h3-8,13H,9-12H2,1-2H3,(H,25,34)(H2,26,27,28,29,30). The second-order valence-corrected chi connectivity index (χ2v) is 8.69. The van der Waals surface area contributed by atoms with E-state index in [2.05, 4.69) is 25.9 Å². The van der Waals surface area contributed by atoms with E-state index in [1.54, 1.807) is 27.6 Å². The summed E-state index contributed by atoms with van der Waals surface area (Å²) in [6.45, 7) is 5.32. The number of carbonyl (C=O) groups excluding carboxylic acids is 2. The highest BCUT2D eigenvalue weighted by Gasteiger charge is 2.27. The Hall–Kier alpha value is -4.12. The van der Waals surface area contributed by atoms with Crippen LogP contribution in [0.2, 0.25) is 5.02 Å². The predicted octanol–water partition coefficient (Wildman–Crippen LogP) is 3.08. The number of rotatable bonds is 5. The molecule has 0 aliphatic carbocycles. The van der Waals surface area contributed by atoms with Gasteiger partial charge in [-0.05, 0) is 31.2 Å². The smallest absolute Gasteiger partial charge is 0.257 e. The molecule has 5 rings (SSSR count). The summed E-state index contributed by atoms with van der Waals surface area (Å²) in [6, 6.07) is 10.8. The van der Waals surface area contributed by atoms with Gasteiger partial charge in [-0.15, -0.1) is 5.10 Å². The number of hydrogen-bond acceptors (Lipinski definition) is 7. The molecule has 1 aromatic carbocycles. The summed E-state index contributed by atoms with van der Waals surface area (Å²) in [7, 11) is 0. The van der Waals surface area contributed by atoms with Crippen LogP contribution in [0.15, 0.2) is 42.6 Å². The zero-order chi connectivity index (χ0) is 24.5. The van der Waals surface area contributed by atoms with Crippen LogP contribution in [-0.2, 0) is 4.79 Å². The van der Waals surface area contributed by atoms with Crippen LogP contribution < -0.4 is 15.5 Å². The number of amides is 2. The number of aromatic nitrogens is 5. The van der Waals surface area contributed by atoms with E-state index in [9.17, 15) is 9.59 Å². The molecule has 4 aromatic rings. The van der Waals surface area contributed by atoms with Gasteiger partial charge in [-0.3, -0.25) is 14.7 Å². The van der Waals surface area contributed by atoms with Crippen LogP contribution in [0.25, 0.3) is 5.52 Å². The molecule has 35 heavy (non-hydrogen) atoms. The predicted molar refractivity (Wildman–Crippen MR) is 133 cm³/mol. The van der Waals surface area contributed by atoms with E-state index in [1.807, 2.05) is 36.2 Å². The van der Waals surface area contributed by atoms with Crippen LogP contribution >= 0.6 is 11.6 Å². The number of fused-ring (bicyclic) bond motifs is 1. The maximum atomic E-state index is 13.3. The van der Waals surface area contributed by atoms with E-state index < -0.39 is 0 Å². The summed E-state index contributed by atoms with van der Waals surface area (Å²) in [5.74, 6) is 1.36. The Balaban J connectivity index is 1.34. The Labute approximate surface area is 206 Å². The molecule has 0 saturated carbocycles. The fourth-order valence-electron chi connectivity index (χ4n) is 4.06. The van der Waals surface area contributed by atoms with Crippen LogP contribution in [0.3, 0.4) is 0 Å². The molecule has 0 unspecified atom stereocenters. The van der Waals surface area contributed by atoms with Crippen molar-refractivity contribution >= 4 is 52.2 Å². The van der Waals surface area contributed by atoms with Gasteiger partial charge in [-0.25, -0.2) is 4.52 Å². The van der Waals surface area contributed by atoms with E-state index in [4.69, 9.17) is 16.6 Å². The summed E-state index contributed by atoms with van der Waals surface area (Å²) >= 11 is 6.34. The molecule has 12 heteroatoms. The van der Waals surface area contributed by atoms with Gasteiger partial charge in [0.15, 0.2) is 11.6 Å². The van der Waals surface area contributed by atoms with Gasteiger partial charge in [-0.2, -0.15) is 10.1 Å². The summed E-state index contributed by atoms with van der Waals surface area (Å²) in [5.41, 5.74) is 2.47. The molecule has 1 aliphatic rings. The lowest BCUT2D eigenvalue weighted by atomic mass is 10.1. The molecule has 0 bridgehead atoms. The first-order valence-electron chi connectivity index (χ1n) is 11.1. The SMILES string of the molecule is CC(=O)Nc1cccc(Cl)c1C(=O)N1CCN(c2nc(Nc3cc(C)[nH]n3)c3cccn3n2)CC1. The fraction of sp³-hybridized carbons (Fsp3) is 0.261. The third-order valence-corrected chi connectivity index (χ3v) is 6.04. The van der Waals surface area contributed by atoms with E-state index in [0.717, 1.165) is 11.2 Å². The summed E-state index contributed by atoms with van der Waals surface area (Å²) in [6.07, 6.45) is 1.86. The minimum Gasteiger partial charge on any atom is -0.336 e. The summed E-state index contributed by atoms with van der Waals surface area (Å²) in [5, 5.41) is 18.0. The van der Waals surface area contributed by atoms with Crippen LogP contribution in [-0.4, -0.2) is 67.7 Å². The first-order valence-corrected chi connectivity index (χ1v) is 11.5. The number of aromatic amines is 1. The van der Waals surface area contributed by atoms with Crippen molar-refractivity contribution in [3.8, 4) is 0 Å². The van der Waals surface area contributed by atoms with Crippen LogP contribution in [0.5, 0.6) is 0 Å². The number of aryl methyl sites for hydroxylation is 1. The zero-order valence-electron chi connectivity index (χ0n) is 19.2. The number of nitrogens with one attached hydrogen (secondary N) is 3. The van der Waals surface area contributed by atoms with Crippen molar-refractivity contribution in [2.24, 2.45) is 0 Å². The Morgan fingerprint density at radius 3 is 2.63 bits per heavy atom. The number of anilines is 4. The molecule has 1 fully saturated rings. The molecule has 1 saturated heterocycles. The third-order valence-electron chi connectivity index (χ3n) is 5.72. The monoisotopic (exact) mass is 493 g/mol. The van der Waals surface area contributed by atoms with Gasteiger partial charge in [0, 0.05) is 51.1 Å². The summed E-state index contributed by atoms with van der Waals surface area (Å²) < 4.78 is 1.77. The van der Waals surface area contributed by atoms with Gasteiger partial charge in [0.05, 0.1) is 16.3 Å². The molecular formula is C23H24ClN9O2. The molecule has 0 atom stereocenters. The number of nitrogens with zero attached hydrogens (tertiary/aromatic N) is 6. The van der Waals surface area contributed by atoms with Crippen LogP contribution in [0, 0.1) is 6.92 Å². The molecule has 11 nitrogen and oxygen atoms in total. The van der Waals surface area contributed by atoms with Gasteiger partial charge in [0.2, 0.25) is 11.9 Å². The van der Waals surface area contributed by atoms with Crippen molar-refractivity contribution in [3.63, 3.8) is 0 Å². The summed E-state index contributed by atoms with van der Waals surface area (Å²) in [4.78, 5) is 33.4. The highest BCUT2D eigenvalue weighted by atomic mass is 35.5. The third kappa shape index (κ3) is 4.62. The molecule has 0 spiro atoms. The fourth-order valence-corrected chi connectivity index (χ4v) is 4.31. The topological polar surface area (TPSA) is 124 Å². The van der Waals surface area contributed by atoms with Gasteiger partial charge in [0.1, 0.15) is 5.52 Å². The number of carbonyl (C=O) groups is 2. The second kappa shape index (κ2) is 9.26. The molecule has 3 N–H and O–H groups in total. The average Bonchev–Trinajstić information content (AvgIpc) is 3.47. The van der Waals surface area contributed by atoms with Crippen molar-refractivity contribution in [1.82, 2.24) is 29.7 Å². The first kappa shape index (κ1) is 22.7. The zero-order valence-corrected chi connectivity index (χ0v) is 20.0. The number of H-pyrrole nitrogens is 1. The normalized spacial score (nSPS) is 13.8. The second-order valence-electron chi connectivity index (χ2n) is 8.28. The maximum Gasteiger partial charge on any atom is 0.257 e. The maximum absolute atomic E-state index is 13.3. The Morgan fingerprint density at radius 2 is 1.91 bits per heavy atom. The lowest BCUT2D eigenvalue weighted by Gasteiger charge is -2.35. The minimum absolute atomic E-state index is 0.225.